The predicted molar refractivity (Wildman–Crippen MR) is 51.4 cm³/mol. The number of carbonyl (C=O) groups excluding carboxylic acids is 1. The van der Waals surface area contributed by atoms with Crippen LogP contribution in [0.4, 0.5) is 0 Å². The highest BCUT2D eigenvalue weighted by molar-refractivity contribution is 5.78. The number of rotatable bonds is 2. The van der Waals surface area contributed by atoms with Gasteiger partial charge in [-0.05, 0) is 12.8 Å². The molecule has 3 nitrogen and oxygen atoms in total. The van der Waals surface area contributed by atoms with Crippen molar-refractivity contribution >= 4 is 5.91 Å². The number of hydrogen-bond acceptors (Lipinski definition) is 2. The summed E-state index contributed by atoms with van der Waals surface area (Å²) in [6, 6.07) is 1.18. The zero-order chi connectivity index (χ0) is 9.42. The van der Waals surface area contributed by atoms with E-state index in [1.165, 1.54) is 6.42 Å². The lowest BCUT2D eigenvalue weighted by molar-refractivity contribution is -0.139. The van der Waals surface area contributed by atoms with E-state index in [0.717, 1.165) is 19.5 Å². The van der Waals surface area contributed by atoms with Gasteiger partial charge in [0.05, 0.1) is 0 Å². The van der Waals surface area contributed by atoms with Crippen LogP contribution in [0.2, 0.25) is 0 Å². The van der Waals surface area contributed by atoms with E-state index in [1.807, 2.05) is 11.8 Å². The summed E-state index contributed by atoms with van der Waals surface area (Å²) in [5.74, 6) is 0.552. The maximum atomic E-state index is 11.8. The van der Waals surface area contributed by atoms with Crippen LogP contribution in [0.15, 0.2) is 0 Å². The molecule has 0 aliphatic carbocycles. The van der Waals surface area contributed by atoms with Crippen molar-refractivity contribution in [2.75, 3.05) is 13.1 Å². The number of nitrogens with zero attached hydrogens (tertiary/aromatic N) is 1. The Morgan fingerprint density at radius 2 is 2.08 bits per heavy atom. The number of amides is 1. The zero-order valence-electron chi connectivity index (χ0n) is 8.42. The SMILES string of the molecule is CCC(C)C(=O)N1CC2CC(C1)N2. The number of nitrogens with one attached hydrogen (secondary N) is 1. The molecular formula is C10H18N2O. The van der Waals surface area contributed by atoms with Crippen LogP contribution in [0, 0.1) is 5.92 Å². The van der Waals surface area contributed by atoms with E-state index in [9.17, 15) is 4.79 Å². The number of hydrogen-bond donors (Lipinski definition) is 1. The van der Waals surface area contributed by atoms with Crippen molar-refractivity contribution < 1.29 is 4.79 Å². The fourth-order valence-corrected chi connectivity index (χ4v) is 2.18. The number of piperidine rings is 1. The second kappa shape index (κ2) is 3.29. The molecule has 0 radical (unpaired) electrons. The normalized spacial score (nSPS) is 33.8. The summed E-state index contributed by atoms with van der Waals surface area (Å²) in [6.45, 7) is 5.96. The number of fused-ring (bicyclic) bond motifs is 2. The van der Waals surface area contributed by atoms with Gasteiger partial charge in [-0.2, -0.15) is 0 Å². The molecule has 1 amide bonds. The van der Waals surface area contributed by atoms with Gasteiger partial charge in [-0.3, -0.25) is 4.79 Å². The van der Waals surface area contributed by atoms with Crippen LogP contribution < -0.4 is 5.32 Å². The van der Waals surface area contributed by atoms with Gasteiger partial charge in [0, 0.05) is 31.1 Å². The Labute approximate surface area is 79.5 Å². The number of piperazine rings is 1. The van der Waals surface area contributed by atoms with Crippen LogP contribution in [-0.4, -0.2) is 36.0 Å². The molecule has 3 atom stereocenters. The van der Waals surface area contributed by atoms with Gasteiger partial charge in [0.1, 0.15) is 0 Å². The quantitative estimate of drug-likeness (QED) is 0.678. The molecule has 3 aliphatic heterocycles. The largest absolute Gasteiger partial charge is 0.339 e. The zero-order valence-corrected chi connectivity index (χ0v) is 8.42. The molecule has 1 N–H and O–H groups in total. The molecule has 13 heavy (non-hydrogen) atoms. The third-order valence-electron chi connectivity index (χ3n) is 3.27. The summed E-state index contributed by atoms with van der Waals surface area (Å²) in [4.78, 5) is 13.8. The first kappa shape index (κ1) is 9.00. The van der Waals surface area contributed by atoms with Crippen molar-refractivity contribution in [1.82, 2.24) is 10.2 Å². The maximum Gasteiger partial charge on any atom is 0.225 e. The lowest BCUT2D eigenvalue weighted by atomic mass is 9.90. The second-order valence-corrected chi connectivity index (χ2v) is 4.35. The highest BCUT2D eigenvalue weighted by atomic mass is 16.2. The second-order valence-electron chi connectivity index (χ2n) is 4.35. The average Bonchev–Trinajstić information content (AvgIpc) is 2.14. The van der Waals surface area contributed by atoms with Gasteiger partial charge in [0.15, 0.2) is 0 Å². The Morgan fingerprint density at radius 1 is 1.54 bits per heavy atom. The average molecular weight is 182 g/mol. The van der Waals surface area contributed by atoms with Crippen molar-refractivity contribution in [3.05, 3.63) is 0 Å². The molecule has 3 aliphatic rings. The lowest BCUT2D eigenvalue weighted by Crippen LogP contribution is -2.68. The first-order chi connectivity index (χ1) is 6.20. The summed E-state index contributed by atoms with van der Waals surface area (Å²) in [6.07, 6.45) is 2.22. The Morgan fingerprint density at radius 3 is 2.54 bits per heavy atom. The van der Waals surface area contributed by atoms with E-state index in [2.05, 4.69) is 12.2 Å². The van der Waals surface area contributed by atoms with E-state index >= 15 is 0 Å². The van der Waals surface area contributed by atoms with Crippen molar-refractivity contribution in [1.29, 1.82) is 0 Å². The predicted octanol–water partition coefficient (Wildman–Crippen LogP) is 0.605. The molecule has 3 rings (SSSR count). The van der Waals surface area contributed by atoms with Gasteiger partial charge in [0.2, 0.25) is 5.91 Å². The van der Waals surface area contributed by atoms with E-state index < -0.39 is 0 Å². The Balaban J connectivity index is 1.90. The third kappa shape index (κ3) is 1.57. The highest BCUT2D eigenvalue weighted by Crippen LogP contribution is 2.22. The molecule has 3 unspecified atom stereocenters. The molecule has 74 valence electrons. The van der Waals surface area contributed by atoms with Crippen molar-refractivity contribution in [3.63, 3.8) is 0 Å². The molecule has 0 aromatic carbocycles. The lowest BCUT2D eigenvalue weighted by Gasteiger charge is -2.48. The Bertz CT molecular complexity index is 201. The fraction of sp³-hybridized carbons (Fsp3) is 0.900. The molecule has 0 aromatic heterocycles. The van der Waals surface area contributed by atoms with E-state index in [0.29, 0.717) is 18.0 Å². The summed E-state index contributed by atoms with van der Waals surface area (Å²) in [7, 11) is 0. The van der Waals surface area contributed by atoms with Crippen LogP contribution in [0.1, 0.15) is 26.7 Å². The van der Waals surface area contributed by atoms with Crippen LogP contribution in [0.3, 0.4) is 0 Å². The summed E-state index contributed by atoms with van der Waals surface area (Å²) < 4.78 is 0. The smallest absolute Gasteiger partial charge is 0.225 e. The van der Waals surface area contributed by atoms with Crippen LogP contribution >= 0.6 is 0 Å². The van der Waals surface area contributed by atoms with Gasteiger partial charge in [-0.25, -0.2) is 0 Å². The molecular weight excluding hydrogens is 164 g/mol. The summed E-state index contributed by atoms with van der Waals surface area (Å²) >= 11 is 0. The first-order valence-corrected chi connectivity index (χ1v) is 5.25. The van der Waals surface area contributed by atoms with E-state index in [4.69, 9.17) is 0 Å². The van der Waals surface area contributed by atoms with Crippen LogP contribution in [-0.2, 0) is 4.79 Å². The molecule has 0 aromatic rings. The molecule has 3 heteroatoms. The standard InChI is InChI=1S/C10H18N2O/c1-3-7(2)10(13)12-5-8-4-9(6-12)11-8/h7-9,11H,3-6H2,1-2H3. The number of carbonyl (C=O) groups is 1. The Hall–Kier alpha value is -0.570. The molecule has 0 saturated carbocycles. The molecule has 3 fully saturated rings. The summed E-state index contributed by atoms with van der Waals surface area (Å²) in [5.41, 5.74) is 0. The third-order valence-corrected chi connectivity index (χ3v) is 3.27. The maximum absolute atomic E-state index is 11.8. The summed E-state index contributed by atoms with van der Waals surface area (Å²) in [5, 5.41) is 3.43. The first-order valence-electron chi connectivity index (χ1n) is 5.25. The van der Waals surface area contributed by atoms with Crippen LogP contribution in [0.5, 0.6) is 0 Å². The minimum absolute atomic E-state index is 0.206. The molecule has 0 spiro atoms. The monoisotopic (exact) mass is 182 g/mol. The minimum atomic E-state index is 0.206. The molecule has 2 bridgehead atoms. The van der Waals surface area contributed by atoms with E-state index in [1.54, 1.807) is 0 Å². The van der Waals surface area contributed by atoms with Gasteiger partial charge in [0.25, 0.3) is 0 Å². The van der Waals surface area contributed by atoms with Gasteiger partial charge >= 0.3 is 0 Å². The molecule has 3 heterocycles. The van der Waals surface area contributed by atoms with Crippen molar-refractivity contribution in [3.8, 4) is 0 Å². The van der Waals surface area contributed by atoms with Gasteiger partial charge in [-0.15, -0.1) is 0 Å². The van der Waals surface area contributed by atoms with Gasteiger partial charge in [-0.1, -0.05) is 13.8 Å². The van der Waals surface area contributed by atoms with Crippen molar-refractivity contribution in [2.24, 2.45) is 5.92 Å². The van der Waals surface area contributed by atoms with Crippen LogP contribution in [0.25, 0.3) is 0 Å². The van der Waals surface area contributed by atoms with Crippen molar-refractivity contribution in [2.45, 2.75) is 38.8 Å². The topological polar surface area (TPSA) is 32.3 Å². The van der Waals surface area contributed by atoms with E-state index in [-0.39, 0.29) is 5.92 Å². The highest BCUT2D eigenvalue weighted by Gasteiger charge is 2.38. The Kier molecular flexibility index (Phi) is 2.28. The van der Waals surface area contributed by atoms with Gasteiger partial charge < -0.3 is 10.2 Å². The fourth-order valence-electron chi connectivity index (χ4n) is 2.18. The minimum Gasteiger partial charge on any atom is -0.339 e. The molecule has 3 saturated heterocycles.